The standard InChI is InChI=1S/C19H21N3O2/c1-13-6-3-4-7-16(13)21-19(24)20-15-10-9-14(2)17(12-15)22-11-5-8-18(22)23/h3-4,6-7,9-10,12H,5,8,11H2,1-2H3,(H2,20,21,24). The predicted octanol–water partition coefficient (Wildman–Crippen LogP) is 4.07. The second-order valence-corrected chi connectivity index (χ2v) is 6.04. The van der Waals surface area contributed by atoms with Gasteiger partial charge in [0.25, 0.3) is 0 Å². The van der Waals surface area contributed by atoms with Crippen LogP contribution in [0.15, 0.2) is 42.5 Å². The van der Waals surface area contributed by atoms with E-state index in [9.17, 15) is 9.59 Å². The number of urea groups is 1. The van der Waals surface area contributed by atoms with Crippen LogP contribution in [0.1, 0.15) is 24.0 Å². The summed E-state index contributed by atoms with van der Waals surface area (Å²) in [6.45, 7) is 4.65. The number of carbonyl (C=O) groups excluding carboxylic acids is 2. The van der Waals surface area contributed by atoms with Crippen LogP contribution in [0, 0.1) is 13.8 Å². The fourth-order valence-corrected chi connectivity index (χ4v) is 2.88. The lowest BCUT2D eigenvalue weighted by Gasteiger charge is -2.19. The van der Waals surface area contributed by atoms with E-state index in [1.807, 2.05) is 56.3 Å². The van der Waals surface area contributed by atoms with E-state index in [1.165, 1.54) is 0 Å². The summed E-state index contributed by atoms with van der Waals surface area (Å²) >= 11 is 0. The van der Waals surface area contributed by atoms with E-state index < -0.39 is 0 Å². The molecule has 1 aliphatic heterocycles. The monoisotopic (exact) mass is 323 g/mol. The first-order valence-electron chi connectivity index (χ1n) is 8.09. The third-order valence-corrected chi connectivity index (χ3v) is 4.22. The first-order chi connectivity index (χ1) is 11.5. The Labute approximate surface area is 141 Å². The Hall–Kier alpha value is -2.82. The lowest BCUT2D eigenvalue weighted by atomic mass is 10.1. The molecule has 0 spiro atoms. The number of hydrogen-bond donors (Lipinski definition) is 2. The van der Waals surface area contributed by atoms with Crippen molar-refractivity contribution in [2.75, 3.05) is 22.1 Å². The molecule has 0 unspecified atom stereocenters. The van der Waals surface area contributed by atoms with Crippen LogP contribution in [-0.2, 0) is 4.79 Å². The first-order valence-corrected chi connectivity index (χ1v) is 8.09. The summed E-state index contributed by atoms with van der Waals surface area (Å²) in [6, 6.07) is 12.9. The molecule has 0 aromatic heterocycles. The van der Waals surface area contributed by atoms with E-state index in [0.29, 0.717) is 12.1 Å². The number of aryl methyl sites for hydroxylation is 2. The highest BCUT2D eigenvalue weighted by Crippen LogP contribution is 2.28. The van der Waals surface area contributed by atoms with Crippen LogP contribution in [0.4, 0.5) is 21.9 Å². The van der Waals surface area contributed by atoms with E-state index in [4.69, 9.17) is 0 Å². The fourth-order valence-electron chi connectivity index (χ4n) is 2.88. The molecule has 5 heteroatoms. The van der Waals surface area contributed by atoms with E-state index >= 15 is 0 Å². The minimum absolute atomic E-state index is 0.139. The fraction of sp³-hybridized carbons (Fsp3) is 0.263. The summed E-state index contributed by atoms with van der Waals surface area (Å²) in [7, 11) is 0. The Morgan fingerprint density at radius 2 is 1.83 bits per heavy atom. The molecule has 124 valence electrons. The van der Waals surface area contributed by atoms with E-state index in [1.54, 1.807) is 4.90 Å². The molecule has 0 saturated carbocycles. The van der Waals surface area contributed by atoms with Crippen LogP contribution in [0.25, 0.3) is 0 Å². The molecule has 0 radical (unpaired) electrons. The average molecular weight is 323 g/mol. The van der Waals surface area contributed by atoms with Gasteiger partial charge in [0.05, 0.1) is 0 Å². The van der Waals surface area contributed by atoms with Crippen molar-refractivity contribution in [3.63, 3.8) is 0 Å². The van der Waals surface area contributed by atoms with Crippen molar-refractivity contribution in [2.45, 2.75) is 26.7 Å². The van der Waals surface area contributed by atoms with Crippen LogP contribution >= 0.6 is 0 Å². The Kier molecular flexibility index (Phi) is 4.51. The molecule has 1 heterocycles. The van der Waals surface area contributed by atoms with Gasteiger partial charge in [0, 0.05) is 30.0 Å². The number of amides is 3. The van der Waals surface area contributed by atoms with Gasteiger partial charge in [-0.2, -0.15) is 0 Å². The topological polar surface area (TPSA) is 61.4 Å². The minimum atomic E-state index is -0.299. The minimum Gasteiger partial charge on any atom is -0.312 e. The molecule has 0 atom stereocenters. The summed E-state index contributed by atoms with van der Waals surface area (Å²) in [5.41, 5.74) is 4.33. The van der Waals surface area contributed by atoms with Crippen LogP contribution in [0.2, 0.25) is 0 Å². The number of rotatable bonds is 3. The highest BCUT2D eigenvalue weighted by molar-refractivity contribution is 6.01. The molecule has 5 nitrogen and oxygen atoms in total. The zero-order valence-electron chi connectivity index (χ0n) is 13.9. The van der Waals surface area contributed by atoms with Gasteiger partial charge < -0.3 is 15.5 Å². The molecular formula is C19H21N3O2. The van der Waals surface area contributed by atoms with Crippen molar-refractivity contribution < 1.29 is 9.59 Å². The average Bonchev–Trinajstić information content (AvgIpc) is 2.97. The molecule has 3 amide bonds. The van der Waals surface area contributed by atoms with Gasteiger partial charge in [0.2, 0.25) is 5.91 Å². The molecule has 2 N–H and O–H groups in total. The molecule has 24 heavy (non-hydrogen) atoms. The summed E-state index contributed by atoms with van der Waals surface area (Å²) < 4.78 is 0. The van der Waals surface area contributed by atoms with Crippen molar-refractivity contribution in [1.29, 1.82) is 0 Å². The van der Waals surface area contributed by atoms with Gasteiger partial charge >= 0.3 is 6.03 Å². The number of benzene rings is 2. The summed E-state index contributed by atoms with van der Waals surface area (Å²) in [5, 5.41) is 5.68. The number of anilines is 3. The van der Waals surface area contributed by atoms with Crippen molar-refractivity contribution in [1.82, 2.24) is 0 Å². The van der Waals surface area contributed by atoms with Gasteiger partial charge in [-0.3, -0.25) is 4.79 Å². The van der Waals surface area contributed by atoms with Gasteiger partial charge in [0.15, 0.2) is 0 Å². The van der Waals surface area contributed by atoms with Crippen molar-refractivity contribution in [3.05, 3.63) is 53.6 Å². The SMILES string of the molecule is Cc1ccccc1NC(=O)Nc1ccc(C)c(N2CCCC2=O)c1. The molecule has 1 fully saturated rings. The van der Waals surface area contributed by atoms with Crippen LogP contribution in [0.5, 0.6) is 0 Å². The smallest absolute Gasteiger partial charge is 0.312 e. The maximum atomic E-state index is 12.2. The maximum Gasteiger partial charge on any atom is 0.323 e. The third-order valence-electron chi connectivity index (χ3n) is 4.22. The number of nitrogens with one attached hydrogen (secondary N) is 2. The zero-order valence-corrected chi connectivity index (χ0v) is 13.9. The number of nitrogens with zero attached hydrogens (tertiary/aromatic N) is 1. The molecule has 0 bridgehead atoms. The Bertz CT molecular complexity index is 786. The van der Waals surface area contributed by atoms with E-state index in [2.05, 4.69) is 10.6 Å². The molecule has 2 aromatic rings. The molecule has 1 aliphatic rings. The van der Waals surface area contributed by atoms with Crippen molar-refractivity contribution in [2.24, 2.45) is 0 Å². The number of carbonyl (C=O) groups is 2. The normalized spacial score (nSPS) is 13.9. The Morgan fingerprint density at radius 3 is 2.54 bits per heavy atom. The van der Waals surface area contributed by atoms with E-state index in [-0.39, 0.29) is 11.9 Å². The Morgan fingerprint density at radius 1 is 1.04 bits per heavy atom. The number of hydrogen-bond acceptors (Lipinski definition) is 2. The molecule has 0 aliphatic carbocycles. The summed E-state index contributed by atoms with van der Waals surface area (Å²) in [6.07, 6.45) is 1.47. The van der Waals surface area contributed by atoms with Gasteiger partial charge in [-0.15, -0.1) is 0 Å². The second-order valence-electron chi connectivity index (χ2n) is 6.04. The zero-order chi connectivity index (χ0) is 17.1. The molecule has 2 aromatic carbocycles. The quantitative estimate of drug-likeness (QED) is 0.894. The van der Waals surface area contributed by atoms with Crippen molar-refractivity contribution >= 4 is 29.0 Å². The van der Waals surface area contributed by atoms with Crippen LogP contribution in [-0.4, -0.2) is 18.5 Å². The van der Waals surface area contributed by atoms with Gasteiger partial charge in [-0.1, -0.05) is 24.3 Å². The molecule has 1 saturated heterocycles. The lowest BCUT2D eigenvalue weighted by Crippen LogP contribution is -2.25. The van der Waals surface area contributed by atoms with Crippen molar-refractivity contribution in [3.8, 4) is 0 Å². The van der Waals surface area contributed by atoms with Crippen LogP contribution < -0.4 is 15.5 Å². The second kappa shape index (κ2) is 6.74. The third kappa shape index (κ3) is 3.40. The van der Waals surface area contributed by atoms with E-state index in [0.717, 1.165) is 35.5 Å². The van der Waals surface area contributed by atoms with Gasteiger partial charge in [-0.25, -0.2) is 4.79 Å². The van der Waals surface area contributed by atoms with Gasteiger partial charge in [-0.05, 0) is 49.6 Å². The maximum absolute atomic E-state index is 12.2. The lowest BCUT2D eigenvalue weighted by molar-refractivity contribution is -0.117. The van der Waals surface area contributed by atoms with Gasteiger partial charge in [0.1, 0.15) is 0 Å². The predicted molar refractivity (Wildman–Crippen MR) is 96.6 cm³/mol. The Balaban J connectivity index is 1.74. The van der Waals surface area contributed by atoms with Crippen LogP contribution in [0.3, 0.4) is 0 Å². The largest absolute Gasteiger partial charge is 0.323 e. The summed E-state index contributed by atoms with van der Waals surface area (Å²) in [4.78, 5) is 26.0. The molecular weight excluding hydrogens is 302 g/mol. The highest BCUT2D eigenvalue weighted by atomic mass is 16.2. The highest BCUT2D eigenvalue weighted by Gasteiger charge is 2.23. The summed E-state index contributed by atoms with van der Waals surface area (Å²) in [5.74, 6) is 0.139. The number of para-hydroxylation sites is 1. The molecule has 3 rings (SSSR count). The first kappa shape index (κ1) is 16.1.